The van der Waals surface area contributed by atoms with Crippen LogP contribution >= 0.6 is 0 Å². The maximum Gasteiger partial charge on any atom is 0.123 e. The molecule has 1 unspecified atom stereocenters. The summed E-state index contributed by atoms with van der Waals surface area (Å²) in [5.41, 5.74) is 8.46. The number of piperidine rings is 1. The Balaban J connectivity index is 1.81. The predicted molar refractivity (Wildman–Crippen MR) is 66.2 cm³/mol. The molecule has 0 spiro atoms. The van der Waals surface area contributed by atoms with E-state index in [0.29, 0.717) is 12.1 Å². The fraction of sp³-hybridized carbons (Fsp3) is 0.571. The molecule has 3 heteroatoms. The van der Waals surface area contributed by atoms with Crippen molar-refractivity contribution in [2.75, 3.05) is 13.1 Å². The molecule has 0 saturated carbocycles. The Morgan fingerprint density at radius 3 is 2.71 bits per heavy atom. The van der Waals surface area contributed by atoms with Crippen LogP contribution in [0.3, 0.4) is 0 Å². The molecule has 92 valence electrons. The molecule has 0 aromatic heterocycles. The fourth-order valence-corrected chi connectivity index (χ4v) is 3.16. The normalized spacial score (nSPS) is 26.1. The third-order valence-electron chi connectivity index (χ3n) is 4.17. The van der Waals surface area contributed by atoms with Crippen molar-refractivity contribution in [2.24, 2.45) is 5.73 Å². The zero-order chi connectivity index (χ0) is 11.8. The lowest BCUT2D eigenvalue weighted by Crippen LogP contribution is -2.41. The molecule has 1 fully saturated rings. The summed E-state index contributed by atoms with van der Waals surface area (Å²) >= 11 is 0. The molecule has 1 saturated heterocycles. The summed E-state index contributed by atoms with van der Waals surface area (Å²) < 4.78 is 13.3. The van der Waals surface area contributed by atoms with Crippen LogP contribution < -0.4 is 5.73 Å². The molecule has 1 aliphatic carbocycles. The Bertz CT molecular complexity index is 411. The molecule has 1 atom stereocenters. The average molecular weight is 234 g/mol. The maximum absolute atomic E-state index is 13.3. The number of nitrogens with two attached hydrogens (primary N) is 1. The number of halogens is 1. The van der Waals surface area contributed by atoms with E-state index in [9.17, 15) is 4.39 Å². The standard InChI is InChI=1S/C14H19FN2/c15-11-3-1-10-2-4-14(13(10)9-11)17-7-5-12(16)6-8-17/h1,3,9,12,14H,2,4-8,16H2. The zero-order valence-electron chi connectivity index (χ0n) is 10.0. The van der Waals surface area contributed by atoms with Gasteiger partial charge in [-0.05, 0) is 48.9 Å². The third kappa shape index (κ3) is 2.09. The van der Waals surface area contributed by atoms with Crippen molar-refractivity contribution in [1.82, 2.24) is 4.90 Å². The second-order valence-electron chi connectivity index (χ2n) is 5.27. The van der Waals surface area contributed by atoms with Crippen LogP contribution in [-0.4, -0.2) is 24.0 Å². The van der Waals surface area contributed by atoms with E-state index in [-0.39, 0.29) is 5.82 Å². The van der Waals surface area contributed by atoms with Gasteiger partial charge in [0.15, 0.2) is 0 Å². The molecule has 1 aromatic rings. The lowest BCUT2D eigenvalue weighted by molar-refractivity contribution is 0.152. The van der Waals surface area contributed by atoms with E-state index < -0.39 is 0 Å². The van der Waals surface area contributed by atoms with Gasteiger partial charge in [-0.2, -0.15) is 0 Å². The van der Waals surface area contributed by atoms with E-state index in [2.05, 4.69) is 4.90 Å². The number of likely N-dealkylation sites (tertiary alicyclic amines) is 1. The number of rotatable bonds is 1. The molecule has 3 rings (SSSR count). The van der Waals surface area contributed by atoms with Gasteiger partial charge in [0, 0.05) is 25.2 Å². The van der Waals surface area contributed by atoms with Crippen molar-refractivity contribution >= 4 is 0 Å². The SMILES string of the molecule is NC1CCN(C2CCc3ccc(F)cc32)CC1. The van der Waals surface area contributed by atoms with E-state index in [0.717, 1.165) is 38.8 Å². The number of nitrogens with zero attached hydrogens (tertiary/aromatic N) is 1. The lowest BCUT2D eigenvalue weighted by Gasteiger charge is -2.35. The van der Waals surface area contributed by atoms with Crippen molar-refractivity contribution in [3.05, 3.63) is 35.1 Å². The highest BCUT2D eigenvalue weighted by Gasteiger charge is 2.30. The van der Waals surface area contributed by atoms with Crippen LogP contribution in [0.15, 0.2) is 18.2 Å². The summed E-state index contributed by atoms with van der Waals surface area (Å²) in [6.07, 6.45) is 4.36. The maximum atomic E-state index is 13.3. The summed E-state index contributed by atoms with van der Waals surface area (Å²) in [7, 11) is 0. The fourth-order valence-electron chi connectivity index (χ4n) is 3.16. The minimum atomic E-state index is -0.107. The van der Waals surface area contributed by atoms with Gasteiger partial charge in [-0.15, -0.1) is 0 Å². The van der Waals surface area contributed by atoms with Crippen LogP contribution in [0.2, 0.25) is 0 Å². The highest BCUT2D eigenvalue weighted by atomic mass is 19.1. The first-order valence-corrected chi connectivity index (χ1v) is 6.52. The zero-order valence-corrected chi connectivity index (χ0v) is 10.0. The van der Waals surface area contributed by atoms with E-state index in [1.807, 2.05) is 6.07 Å². The van der Waals surface area contributed by atoms with Crippen LogP contribution in [0.25, 0.3) is 0 Å². The first-order valence-electron chi connectivity index (χ1n) is 6.52. The van der Waals surface area contributed by atoms with Crippen LogP contribution in [0.1, 0.15) is 36.4 Å². The van der Waals surface area contributed by atoms with E-state index in [4.69, 9.17) is 5.73 Å². The molecule has 0 amide bonds. The van der Waals surface area contributed by atoms with Crippen molar-refractivity contribution in [3.8, 4) is 0 Å². The minimum absolute atomic E-state index is 0.107. The Morgan fingerprint density at radius 2 is 1.94 bits per heavy atom. The monoisotopic (exact) mass is 234 g/mol. The number of hydrogen-bond donors (Lipinski definition) is 1. The second kappa shape index (κ2) is 4.39. The van der Waals surface area contributed by atoms with Crippen LogP contribution in [0, 0.1) is 5.82 Å². The van der Waals surface area contributed by atoms with Gasteiger partial charge >= 0.3 is 0 Å². The van der Waals surface area contributed by atoms with Crippen molar-refractivity contribution in [2.45, 2.75) is 37.8 Å². The molecule has 0 bridgehead atoms. The van der Waals surface area contributed by atoms with Crippen LogP contribution in [-0.2, 0) is 6.42 Å². The molecule has 17 heavy (non-hydrogen) atoms. The highest BCUT2D eigenvalue weighted by Crippen LogP contribution is 2.37. The predicted octanol–water partition coefficient (Wildman–Crippen LogP) is 2.24. The Labute approximate surface area is 102 Å². The largest absolute Gasteiger partial charge is 0.328 e. The van der Waals surface area contributed by atoms with Crippen LogP contribution in [0.4, 0.5) is 4.39 Å². The summed E-state index contributed by atoms with van der Waals surface area (Å²) in [6, 6.07) is 6.03. The van der Waals surface area contributed by atoms with Gasteiger partial charge in [0.25, 0.3) is 0 Å². The second-order valence-corrected chi connectivity index (χ2v) is 5.27. The molecule has 1 heterocycles. The number of hydrogen-bond acceptors (Lipinski definition) is 2. The van der Waals surface area contributed by atoms with Gasteiger partial charge in [0.2, 0.25) is 0 Å². The molecular formula is C14H19FN2. The summed E-state index contributed by atoms with van der Waals surface area (Å²) in [4.78, 5) is 2.48. The average Bonchev–Trinajstić information content (AvgIpc) is 2.73. The Kier molecular flexibility index (Phi) is 2.89. The van der Waals surface area contributed by atoms with E-state index in [1.54, 1.807) is 12.1 Å². The van der Waals surface area contributed by atoms with E-state index in [1.165, 1.54) is 11.1 Å². The third-order valence-corrected chi connectivity index (χ3v) is 4.17. The first kappa shape index (κ1) is 11.2. The highest BCUT2D eigenvalue weighted by molar-refractivity contribution is 5.35. The summed E-state index contributed by atoms with van der Waals surface area (Å²) in [6.45, 7) is 2.11. The van der Waals surface area contributed by atoms with Gasteiger partial charge in [0.1, 0.15) is 5.82 Å². The number of fused-ring (bicyclic) bond motifs is 1. The van der Waals surface area contributed by atoms with Crippen molar-refractivity contribution in [1.29, 1.82) is 0 Å². The van der Waals surface area contributed by atoms with Crippen molar-refractivity contribution in [3.63, 3.8) is 0 Å². The van der Waals surface area contributed by atoms with Gasteiger partial charge in [0.05, 0.1) is 0 Å². The van der Waals surface area contributed by atoms with Gasteiger partial charge in [-0.1, -0.05) is 6.07 Å². The van der Waals surface area contributed by atoms with E-state index >= 15 is 0 Å². The minimum Gasteiger partial charge on any atom is -0.328 e. The Hall–Kier alpha value is -0.930. The van der Waals surface area contributed by atoms with Gasteiger partial charge < -0.3 is 5.73 Å². The van der Waals surface area contributed by atoms with Gasteiger partial charge in [-0.3, -0.25) is 4.90 Å². The lowest BCUT2D eigenvalue weighted by atomic mass is 10.0. The quantitative estimate of drug-likeness (QED) is 0.807. The Morgan fingerprint density at radius 1 is 1.18 bits per heavy atom. The molecular weight excluding hydrogens is 215 g/mol. The van der Waals surface area contributed by atoms with Gasteiger partial charge in [-0.25, -0.2) is 4.39 Å². The summed E-state index contributed by atoms with van der Waals surface area (Å²) in [5.74, 6) is -0.107. The topological polar surface area (TPSA) is 29.3 Å². The molecule has 1 aliphatic heterocycles. The number of benzene rings is 1. The molecule has 1 aromatic carbocycles. The smallest absolute Gasteiger partial charge is 0.123 e. The summed E-state index contributed by atoms with van der Waals surface area (Å²) in [5, 5.41) is 0. The number of aryl methyl sites for hydroxylation is 1. The molecule has 2 nitrogen and oxygen atoms in total. The first-order chi connectivity index (χ1) is 8.24. The molecule has 0 radical (unpaired) electrons. The van der Waals surface area contributed by atoms with Crippen molar-refractivity contribution < 1.29 is 4.39 Å². The molecule has 2 aliphatic rings. The molecule has 2 N–H and O–H groups in total. The van der Waals surface area contributed by atoms with Crippen LogP contribution in [0.5, 0.6) is 0 Å².